The first-order valence-corrected chi connectivity index (χ1v) is 6.25. The van der Waals surface area contributed by atoms with E-state index in [2.05, 4.69) is 12.6 Å². The molecular formula is C9H8OS3. The van der Waals surface area contributed by atoms with Gasteiger partial charge in [-0.1, -0.05) is 0 Å². The van der Waals surface area contributed by atoms with E-state index in [1.54, 1.807) is 17.1 Å². The van der Waals surface area contributed by atoms with Gasteiger partial charge in [0.2, 0.25) is 0 Å². The second-order valence-electron chi connectivity index (χ2n) is 2.61. The highest BCUT2D eigenvalue weighted by molar-refractivity contribution is 7.99. The van der Waals surface area contributed by atoms with Gasteiger partial charge in [0.05, 0.1) is 4.70 Å². The van der Waals surface area contributed by atoms with E-state index in [4.69, 9.17) is 0 Å². The fraction of sp³-hybridized carbons (Fsp3) is 0.111. The minimum absolute atomic E-state index is 0.350. The first-order valence-electron chi connectivity index (χ1n) is 3.70. The molecule has 0 aliphatic rings. The van der Waals surface area contributed by atoms with E-state index in [-0.39, 0.29) is 0 Å². The first-order chi connectivity index (χ1) is 6.24. The van der Waals surface area contributed by atoms with E-state index in [1.807, 2.05) is 18.4 Å². The Balaban J connectivity index is 2.80. The number of thiol groups is 1. The second-order valence-corrected chi connectivity index (χ2v) is 4.79. The summed E-state index contributed by atoms with van der Waals surface area (Å²) in [5.74, 6) is 0.350. The number of thiophene rings is 1. The molecule has 0 bridgehead atoms. The van der Waals surface area contributed by atoms with Crippen LogP contribution in [0.2, 0.25) is 0 Å². The van der Waals surface area contributed by atoms with Crippen molar-refractivity contribution < 1.29 is 5.11 Å². The summed E-state index contributed by atoms with van der Waals surface area (Å²) in [7, 11) is 0. The standard InChI is InChI=1S/C9H8OS3/c1-12-7-3-2-5-6(10)4-13-9(5)8(7)11/h2-4,10-11H,1H3. The molecule has 0 aliphatic heterocycles. The smallest absolute Gasteiger partial charge is 0.134 e. The van der Waals surface area contributed by atoms with Crippen LogP contribution in [-0.2, 0) is 0 Å². The molecule has 0 amide bonds. The zero-order valence-corrected chi connectivity index (χ0v) is 9.47. The van der Waals surface area contributed by atoms with Crippen molar-refractivity contribution in [2.24, 2.45) is 0 Å². The highest BCUT2D eigenvalue weighted by Gasteiger charge is 2.08. The Labute approximate surface area is 90.2 Å². The molecule has 0 aliphatic carbocycles. The molecule has 13 heavy (non-hydrogen) atoms. The predicted molar refractivity (Wildman–Crippen MR) is 62.5 cm³/mol. The molecule has 0 radical (unpaired) electrons. The summed E-state index contributed by atoms with van der Waals surface area (Å²) in [6.07, 6.45) is 2.02. The van der Waals surface area contributed by atoms with Crippen molar-refractivity contribution >= 4 is 45.8 Å². The van der Waals surface area contributed by atoms with Gasteiger partial charge in [0.1, 0.15) is 5.75 Å². The van der Waals surface area contributed by atoms with Gasteiger partial charge in [-0.05, 0) is 18.4 Å². The third-order valence-electron chi connectivity index (χ3n) is 1.88. The fourth-order valence-electron chi connectivity index (χ4n) is 1.22. The molecule has 2 aromatic rings. The third-order valence-corrected chi connectivity index (χ3v) is 4.43. The average Bonchev–Trinajstić information content (AvgIpc) is 2.50. The number of hydrogen-bond donors (Lipinski definition) is 2. The molecule has 4 heteroatoms. The van der Waals surface area contributed by atoms with Crippen LogP contribution in [0.5, 0.6) is 5.75 Å². The van der Waals surface area contributed by atoms with Crippen molar-refractivity contribution in [1.82, 2.24) is 0 Å². The zero-order valence-electron chi connectivity index (χ0n) is 6.94. The summed E-state index contributed by atoms with van der Waals surface area (Å²) in [5, 5.41) is 12.1. The van der Waals surface area contributed by atoms with Gasteiger partial charge in [-0.2, -0.15) is 0 Å². The Bertz CT molecular complexity index is 447. The Morgan fingerprint density at radius 3 is 2.92 bits per heavy atom. The molecular weight excluding hydrogens is 220 g/mol. The van der Waals surface area contributed by atoms with Crippen molar-refractivity contribution in [3.05, 3.63) is 17.5 Å². The van der Waals surface area contributed by atoms with Crippen LogP contribution in [0.1, 0.15) is 0 Å². The largest absolute Gasteiger partial charge is 0.506 e. The van der Waals surface area contributed by atoms with E-state index >= 15 is 0 Å². The molecule has 0 unspecified atom stereocenters. The number of fused-ring (bicyclic) bond motifs is 1. The van der Waals surface area contributed by atoms with E-state index in [0.717, 1.165) is 19.9 Å². The highest BCUT2D eigenvalue weighted by Crippen LogP contribution is 2.39. The van der Waals surface area contributed by atoms with Crippen LogP contribution < -0.4 is 0 Å². The fourth-order valence-corrected chi connectivity index (χ4v) is 3.29. The molecule has 1 heterocycles. The summed E-state index contributed by atoms with van der Waals surface area (Å²) >= 11 is 7.63. The predicted octanol–water partition coefficient (Wildman–Crippen LogP) is 3.62. The minimum atomic E-state index is 0.350. The van der Waals surface area contributed by atoms with Crippen LogP contribution in [0.3, 0.4) is 0 Å². The molecule has 1 N–H and O–H groups in total. The lowest BCUT2D eigenvalue weighted by Gasteiger charge is -2.01. The first kappa shape index (κ1) is 9.24. The normalized spacial score (nSPS) is 10.9. The second kappa shape index (κ2) is 3.44. The van der Waals surface area contributed by atoms with Crippen LogP contribution in [0.25, 0.3) is 10.1 Å². The van der Waals surface area contributed by atoms with Crippen LogP contribution in [0.15, 0.2) is 27.3 Å². The van der Waals surface area contributed by atoms with Gasteiger partial charge in [0.15, 0.2) is 0 Å². The van der Waals surface area contributed by atoms with Crippen molar-refractivity contribution in [2.45, 2.75) is 9.79 Å². The molecule has 1 nitrogen and oxygen atoms in total. The van der Waals surface area contributed by atoms with E-state index in [0.29, 0.717) is 5.75 Å². The van der Waals surface area contributed by atoms with Crippen LogP contribution >= 0.6 is 35.7 Å². The quantitative estimate of drug-likeness (QED) is 0.574. The lowest BCUT2D eigenvalue weighted by Crippen LogP contribution is -1.74. The van der Waals surface area contributed by atoms with Crippen molar-refractivity contribution in [2.75, 3.05) is 6.26 Å². The maximum absolute atomic E-state index is 9.47. The minimum Gasteiger partial charge on any atom is -0.506 e. The number of hydrogen-bond acceptors (Lipinski definition) is 4. The van der Waals surface area contributed by atoms with Gasteiger partial charge in [-0.25, -0.2) is 0 Å². The van der Waals surface area contributed by atoms with Crippen molar-refractivity contribution in [1.29, 1.82) is 0 Å². The summed E-state index contributed by atoms with van der Waals surface area (Å²) in [6, 6.07) is 3.93. The molecule has 68 valence electrons. The summed E-state index contributed by atoms with van der Waals surface area (Å²) in [6.45, 7) is 0. The van der Waals surface area contributed by atoms with Gasteiger partial charge in [-0.3, -0.25) is 0 Å². The van der Waals surface area contributed by atoms with Gasteiger partial charge in [0, 0.05) is 20.6 Å². The van der Waals surface area contributed by atoms with Crippen molar-refractivity contribution in [3.8, 4) is 5.75 Å². The average molecular weight is 228 g/mol. The zero-order chi connectivity index (χ0) is 9.42. The van der Waals surface area contributed by atoms with E-state index < -0.39 is 0 Å². The summed E-state index contributed by atoms with van der Waals surface area (Å²) in [5.41, 5.74) is 0. The molecule has 0 spiro atoms. The monoisotopic (exact) mass is 228 g/mol. The van der Waals surface area contributed by atoms with Gasteiger partial charge in [-0.15, -0.1) is 35.7 Å². The highest BCUT2D eigenvalue weighted by atomic mass is 32.2. The number of thioether (sulfide) groups is 1. The van der Waals surface area contributed by atoms with Crippen LogP contribution in [0, 0.1) is 0 Å². The Hall–Kier alpha value is -0.320. The maximum Gasteiger partial charge on any atom is 0.134 e. The Morgan fingerprint density at radius 2 is 2.23 bits per heavy atom. The number of aromatic hydroxyl groups is 1. The number of benzene rings is 1. The molecule has 0 atom stereocenters. The SMILES string of the molecule is CSc1ccc2c(O)csc2c1S. The van der Waals surface area contributed by atoms with Gasteiger partial charge >= 0.3 is 0 Å². The van der Waals surface area contributed by atoms with Gasteiger partial charge in [0.25, 0.3) is 0 Å². The van der Waals surface area contributed by atoms with E-state index in [9.17, 15) is 5.11 Å². The lowest BCUT2D eigenvalue weighted by molar-refractivity contribution is 0.483. The maximum atomic E-state index is 9.47. The van der Waals surface area contributed by atoms with Crippen LogP contribution in [0.4, 0.5) is 0 Å². The van der Waals surface area contributed by atoms with Crippen LogP contribution in [-0.4, -0.2) is 11.4 Å². The molecule has 0 saturated carbocycles. The van der Waals surface area contributed by atoms with Crippen molar-refractivity contribution in [3.63, 3.8) is 0 Å². The molecule has 2 rings (SSSR count). The Kier molecular flexibility index (Phi) is 2.45. The Morgan fingerprint density at radius 1 is 1.46 bits per heavy atom. The lowest BCUT2D eigenvalue weighted by atomic mass is 10.2. The summed E-state index contributed by atoms with van der Waals surface area (Å²) in [4.78, 5) is 2.12. The third kappa shape index (κ3) is 1.43. The summed E-state index contributed by atoms with van der Waals surface area (Å²) < 4.78 is 1.06. The molecule has 0 saturated heterocycles. The van der Waals surface area contributed by atoms with E-state index in [1.165, 1.54) is 11.3 Å². The number of rotatable bonds is 1. The topological polar surface area (TPSA) is 20.2 Å². The molecule has 1 aromatic heterocycles. The molecule has 0 fully saturated rings. The molecule has 1 aromatic carbocycles. The van der Waals surface area contributed by atoms with Gasteiger partial charge < -0.3 is 5.11 Å².